The molecule has 0 aliphatic rings. The molecule has 72 valence electrons. The van der Waals surface area contributed by atoms with Gasteiger partial charge in [0.15, 0.2) is 0 Å². The SMILES string of the molecule is Cc1csc(CNc2cnccn2)n1. The van der Waals surface area contributed by atoms with E-state index >= 15 is 0 Å². The Morgan fingerprint density at radius 3 is 3.00 bits per heavy atom. The van der Waals surface area contributed by atoms with Gasteiger partial charge >= 0.3 is 0 Å². The van der Waals surface area contributed by atoms with Crippen molar-refractivity contribution in [3.8, 4) is 0 Å². The normalized spacial score (nSPS) is 10.1. The van der Waals surface area contributed by atoms with Gasteiger partial charge in [-0.05, 0) is 6.92 Å². The average molecular weight is 206 g/mol. The number of rotatable bonds is 3. The third kappa shape index (κ3) is 2.26. The average Bonchev–Trinajstić information content (AvgIpc) is 2.63. The summed E-state index contributed by atoms with van der Waals surface area (Å²) < 4.78 is 0. The molecule has 0 aliphatic carbocycles. The highest BCUT2D eigenvalue weighted by Crippen LogP contribution is 2.10. The minimum absolute atomic E-state index is 0.706. The molecule has 0 atom stereocenters. The van der Waals surface area contributed by atoms with Crippen LogP contribution in [0, 0.1) is 6.92 Å². The van der Waals surface area contributed by atoms with Gasteiger partial charge in [0.2, 0.25) is 0 Å². The van der Waals surface area contributed by atoms with Gasteiger partial charge in [0.1, 0.15) is 10.8 Å². The van der Waals surface area contributed by atoms with Gasteiger partial charge in [-0.15, -0.1) is 11.3 Å². The zero-order valence-electron chi connectivity index (χ0n) is 7.77. The molecule has 0 saturated carbocycles. The van der Waals surface area contributed by atoms with Crippen LogP contribution in [0.3, 0.4) is 0 Å². The van der Waals surface area contributed by atoms with Gasteiger partial charge in [-0.2, -0.15) is 0 Å². The van der Waals surface area contributed by atoms with E-state index in [0.717, 1.165) is 16.5 Å². The summed E-state index contributed by atoms with van der Waals surface area (Å²) in [6.45, 7) is 2.69. The maximum atomic E-state index is 4.33. The van der Waals surface area contributed by atoms with Crippen molar-refractivity contribution in [2.24, 2.45) is 0 Å². The largest absolute Gasteiger partial charge is 0.362 e. The molecule has 0 spiro atoms. The minimum Gasteiger partial charge on any atom is -0.362 e. The highest BCUT2D eigenvalue weighted by molar-refractivity contribution is 7.09. The number of anilines is 1. The molecule has 4 nitrogen and oxygen atoms in total. The Morgan fingerprint density at radius 2 is 2.36 bits per heavy atom. The Morgan fingerprint density at radius 1 is 1.43 bits per heavy atom. The molecule has 0 fully saturated rings. The number of aromatic nitrogens is 3. The van der Waals surface area contributed by atoms with Crippen LogP contribution in [0.4, 0.5) is 5.82 Å². The van der Waals surface area contributed by atoms with Gasteiger partial charge in [0.25, 0.3) is 0 Å². The number of hydrogen-bond donors (Lipinski definition) is 1. The van der Waals surface area contributed by atoms with Crippen LogP contribution >= 0.6 is 11.3 Å². The van der Waals surface area contributed by atoms with Crippen molar-refractivity contribution in [1.82, 2.24) is 15.0 Å². The van der Waals surface area contributed by atoms with Crippen LogP contribution in [-0.4, -0.2) is 15.0 Å². The van der Waals surface area contributed by atoms with E-state index in [4.69, 9.17) is 0 Å². The monoisotopic (exact) mass is 206 g/mol. The molecule has 0 aromatic carbocycles. The first-order chi connectivity index (χ1) is 6.84. The number of nitrogens with one attached hydrogen (secondary N) is 1. The summed E-state index contributed by atoms with van der Waals surface area (Å²) in [7, 11) is 0. The van der Waals surface area contributed by atoms with E-state index in [1.165, 1.54) is 0 Å². The zero-order valence-corrected chi connectivity index (χ0v) is 8.58. The number of nitrogens with zero attached hydrogens (tertiary/aromatic N) is 3. The van der Waals surface area contributed by atoms with Crippen molar-refractivity contribution in [2.45, 2.75) is 13.5 Å². The first-order valence-corrected chi connectivity index (χ1v) is 5.13. The van der Waals surface area contributed by atoms with Crippen LogP contribution in [0.2, 0.25) is 0 Å². The van der Waals surface area contributed by atoms with Gasteiger partial charge in [0, 0.05) is 23.5 Å². The molecule has 2 aromatic heterocycles. The number of aryl methyl sites for hydroxylation is 1. The third-order valence-corrected chi connectivity index (χ3v) is 2.62. The fraction of sp³-hybridized carbons (Fsp3) is 0.222. The van der Waals surface area contributed by atoms with Crippen molar-refractivity contribution in [2.75, 3.05) is 5.32 Å². The lowest BCUT2D eigenvalue weighted by atomic mass is 10.5. The second kappa shape index (κ2) is 4.15. The van der Waals surface area contributed by atoms with Crippen LogP contribution in [0.1, 0.15) is 10.7 Å². The van der Waals surface area contributed by atoms with Crippen molar-refractivity contribution < 1.29 is 0 Å². The van der Waals surface area contributed by atoms with E-state index in [1.54, 1.807) is 29.9 Å². The molecule has 0 bridgehead atoms. The Bertz CT molecular complexity index is 398. The molecule has 0 saturated heterocycles. The highest BCUT2D eigenvalue weighted by Gasteiger charge is 1.98. The lowest BCUT2D eigenvalue weighted by Gasteiger charge is -2.00. The third-order valence-electron chi connectivity index (χ3n) is 1.65. The van der Waals surface area contributed by atoms with Crippen molar-refractivity contribution >= 4 is 17.2 Å². The summed E-state index contributed by atoms with van der Waals surface area (Å²) in [4.78, 5) is 12.4. The Kier molecular flexibility index (Phi) is 2.69. The summed E-state index contributed by atoms with van der Waals surface area (Å²) in [5.41, 5.74) is 1.06. The standard InChI is InChI=1S/C9H10N4S/c1-7-6-14-9(13-7)5-12-8-4-10-2-3-11-8/h2-4,6H,5H2,1H3,(H,11,12). The molecule has 2 aromatic rings. The molecule has 0 amide bonds. The number of hydrogen-bond acceptors (Lipinski definition) is 5. The zero-order chi connectivity index (χ0) is 9.80. The van der Waals surface area contributed by atoms with Crippen molar-refractivity contribution in [1.29, 1.82) is 0 Å². The van der Waals surface area contributed by atoms with Crippen LogP contribution < -0.4 is 5.32 Å². The molecule has 2 heterocycles. The molecule has 2 rings (SSSR count). The molecular formula is C9H10N4S. The Hall–Kier alpha value is -1.49. The van der Waals surface area contributed by atoms with Gasteiger partial charge in [-0.25, -0.2) is 9.97 Å². The van der Waals surface area contributed by atoms with Crippen LogP contribution in [0.15, 0.2) is 24.0 Å². The van der Waals surface area contributed by atoms with E-state index in [0.29, 0.717) is 6.54 Å². The fourth-order valence-corrected chi connectivity index (χ4v) is 1.75. The van der Waals surface area contributed by atoms with E-state index < -0.39 is 0 Å². The lowest BCUT2D eigenvalue weighted by molar-refractivity contribution is 1.05. The Balaban J connectivity index is 1.95. The fourth-order valence-electron chi connectivity index (χ4n) is 1.04. The van der Waals surface area contributed by atoms with Crippen LogP contribution in [-0.2, 0) is 6.54 Å². The topological polar surface area (TPSA) is 50.7 Å². The maximum Gasteiger partial charge on any atom is 0.144 e. The van der Waals surface area contributed by atoms with Gasteiger partial charge < -0.3 is 5.32 Å². The number of thiazole rings is 1. The van der Waals surface area contributed by atoms with Gasteiger partial charge in [-0.1, -0.05) is 0 Å². The summed E-state index contributed by atoms with van der Waals surface area (Å²) in [5, 5.41) is 6.25. The van der Waals surface area contributed by atoms with E-state index in [9.17, 15) is 0 Å². The van der Waals surface area contributed by atoms with Crippen LogP contribution in [0.5, 0.6) is 0 Å². The van der Waals surface area contributed by atoms with Crippen LogP contribution in [0.25, 0.3) is 0 Å². The lowest BCUT2D eigenvalue weighted by Crippen LogP contribution is -2.00. The maximum absolute atomic E-state index is 4.33. The molecule has 5 heteroatoms. The quantitative estimate of drug-likeness (QED) is 0.832. The molecule has 1 N–H and O–H groups in total. The van der Waals surface area contributed by atoms with Crippen molar-refractivity contribution in [3.05, 3.63) is 34.7 Å². The van der Waals surface area contributed by atoms with Crippen molar-refractivity contribution in [3.63, 3.8) is 0 Å². The smallest absolute Gasteiger partial charge is 0.144 e. The van der Waals surface area contributed by atoms with E-state index in [1.807, 2.05) is 12.3 Å². The van der Waals surface area contributed by atoms with Gasteiger partial charge in [-0.3, -0.25) is 4.98 Å². The van der Waals surface area contributed by atoms with E-state index in [-0.39, 0.29) is 0 Å². The second-order valence-electron chi connectivity index (χ2n) is 2.83. The first kappa shape index (κ1) is 9.08. The Labute approximate surface area is 86.1 Å². The predicted molar refractivity (Wildman–Crippen MR) is 56.2 cm³/mol. The summed E-state index contributed by atoms with van der Waals surface area (Å²) >= 11 is 1.65. The molecular weight excluding hydrogens is 196 g/mol. The molecule has 0 aliphatic heterocycles. The first-order valence-electron chi connectivity index (χ1n) is 4.25. The molecule has 0 unspecified atom stereocenters. The predicted octanol–water partition coefficient (Wildman–Crippen LogP) is 1.85. The summed E-state index contributed by atoms with van der Waals surface area (Å²) in [5.74, 6) is 0.778. The minimum atomic E-state index is 0.706. The summed E-state index contributed by atoms with van der Waals surface area (Å²) in [6.07, 6.45) is 5.01. The van der Waals surface area contributed by atoms with E-state index in [2.05, 4.69) is 20.3 Å². The van der Waals surface area contributed by atoms with Gasteiger partial charge in [0.05, 0.1) is 12.7 Å². The second-order valence-corrected chi connectivity index (χ2v) is 3.77. The highest BCUT2D eigenvalue weighted by atomic mass is 32.1. The summed E-state index contributed by atoms with van der Waals surface area (Å²) in [6, 6.07) is 0. The molecule has 14 heavy (non-hydrogen) atoms. The molecule has 0 radical (unpaired) electrons.